The molecule has 0 atom stereocenters. The van der Waals surface area contributed by atoms with Gasteiger partial charge in [-0.2, -0.15) is 5.10 Å². The number of amidine groups is 1. The lowest BCUT2D eigenvalue weighted by atomic mass is 10.1. The first kappa shape index (κ1) is 21.7. The number of thioether (sulfide) groups is 1. The van der Waals surface area contributed by atoms with Crippen molar-refractivity contribution in [1.29, 1.82) is 0 Å². The normalized spacial score (nSPS) is 14.6. The van der Waals surface area contributed by atoms with Crippen LogP contribution in [0.5, 0.6) is 0 Å². The van der Waals surface area contributed by atoms with E-state index in [1.54, 1.807) is 17.0 Å². The summed E-state index contributed by atoms with van der Waals surface area (Å²) in [5.41, 5.74) is 2.53. The molecule has 0 saturated heterocycles. The Kier molecular flexibility index (Phi) is 5.97. The molecular weight excluding hydrogens is 446 g/mol. The molecule has 8 heteroatoms. The number of aliphatic imine (C=N–C) groups is 1. The van der Waals surface area contributed by atoms with Crippen LogP contribution in [0.25, 0.3) is 16.8 Å². The minimum atomic E-state index is -0.244. The first-order valence-corrected chi connectivity index (χ1v) is 11.7. The number of aryl methyl sites for hydroxylation is 1. The van der Waals surface area contributed by atoms with E-state index in [0.29, 0.717) is 16.6 Å². The Hall–Kier alpha value is -4.17. The highest BCUT2D eigenvalue weighted by atomic mass is 32.2. The number of carbonyl (C=O) groups excluding carboxylic acids is 2. The molecule has 2 amide bonds. The van der Waals surface area contributed by atoms with E-state index in [1.807, 2.05) is 86.0 Å². The lowest BCUT2D eigenvalue weighted by Crippen LogP contribution is -2.31. The van der Waals surface area contributed by atoms with E-state index < -0.39 is 0 Å². The fourth-order valence-electron chi connectivity index (χ4n) is 3.72. The molecule has 0 bridgehead atoms. The second-order valence-electron chi connectivity index (χ2n) is 7.71. The molecule has 168 valence electrons. The summed E-state index contributed by atoms with van der Waals surface area (Å²) in [4.78, 5) is 32.1. The molecule has 0 fully saturated rings. The summed E-state index contributed by atoms with van der Waals surface area (Å²) in [7, 11) is 1.81. The van der Waals surface area contributed by atoms with E-state index in [2.05, 4.69) is 15.4 Å². The molecule has 3 aromatic carbocycles. The highest BCUT2D eigenvalue weighted by Gasteiger charge is 2.32. The van der Waals surface area contributed by atoms with Crippen molar-refractivity contribution in [1.82, 2.24) is 9.78 Å². The van der Waals surface area contributed by atoms with Crippen molar-refractivity contribution in [3.63, 3.8) is 0 Å². The Balaban J connectivity index is 1.37. The number of fused-ring (bicyclic) bond motifs is 1. The fraction of sp³-hybridized carbons (Fsp3) is 0.0769. The third-order valence-electron chi connectivity index (χ3n) is 5.27. The predicted molar refractivity (Wildman–Crippen MR) is 138 cm³/mol. The van der Waals surface area contributed by atoms with Gasteiger partial charge in [0.05, 0.1) is 17.6 Å². The molecule has 1 N–H and O–H groups in total. The van der Waals surface area contributed by atoms with Crippen LogP contribution < -0.4 is 10.2 Å². The van der Waals surface area contributed by atoms with Crippen LogP contribution in [0.3, 0.4) is 0 Å². The minimum Gasteiger partial charge on any atom is -0.325 e. The van der Waals surface area contributed by atoms with Gasteiger partial charge in [-0.25, -0.2) is 4.99 Å². The maximum Gasteiger partial charge on any atom is 0.283 e. The molecular formula is C26H21N5O2S. The van der Waals surface area contributed by atoms with Gasteiger partial charge in [0.2, 0.25) is 5.91 Å². The quantitative estimate of drug-likeness (QED) is 0.432. The van der Waals surface area contributed by atoms with Crippen LogP contribution in [0.4, 0.5) is 11.4 Å². The molecule has 0 radical (unpaired) electrons. The van der Waals surface area contributed by atoms with E-state index in [1.165, 1.54) is 16.7 Å². The van der Waals surface area contributed by atoms with Crippen LogP contribution >= 0.6 is 11.8 Å². The van der Waals surface area contributed by atoms with Crippen molar-refractivity contribution in [3.8, 4) is 0 Å². The van der Waals surface area contributed by atoms with E-state index in [0.717, 1.165) is 22.0 Å². The van der Waals surface area contributed by atoms with Gasteiger partial charge in [-0.05, 0) is 29.7 Å². The van der Waals surface area contributed by atoms with Crippen molar-refractivity contribution in [2.24, 2.45) is 12.0 Å². The van der Waals surface area contributed by atoms with Crippen molar-refractivity contribution < 1.29 is 9.59 Å². The first-order chi connectivity index (χ1) is 16.6. The Morgan fingerprint density at radius 2 is 1.79 bits per heavy atom. The number of hydrogen-bond donors (Lipinski definition) is 1. The highest BCUT2D eigenvalue weighted by molar-refractivity contribution is 8.14. The number of rotatable bonds is 5. The number of nitrogens with one attached hydrogen (secondary N) is 1. The lowest BCUT2D eigenvalue weighted by Gasteiger charge is -2.17. The summed E-state index contributed by atoms with van der Waals surface area (Å²) in [6.45, 7) is 0. The van der Waals surface area contributed by atoms with Gasteiger partial charge in [0.1, 0.15) is 5.70 Å². The molecule has 7 nitrogen and oxygen atoms in total. The Morgan fingerprint density at radius 3 is 2.59 bits per heavy atom. The Bertz CT molecular complexity index is 1440. The van der Waals surface area contributed by atoms with E-state index >= 15 is 0 Å². The zero-order chi connectivity index (χ0) is 23.5. The van der Waals surface area contributed by atoms with Gasteiger partial charge in [0, 0.05) is 29.9 Å². The monoisotopic (exact) mass is 467 g/mol. The van der Waals surface area contributed by atoms with Crippen molar-refractivity contribution >= 4 is 57.0 Å². The average Bonchev–Trinajstić information content (AvgIpc) is 3.40. The zero-order valence-corrected chi connectivity index (χ0v) is 19.2. The lowest BCUT2D eigenvalue weighted by molar-refractivity contribution is -0.114. The third-order valence-corrected chi connectivity index (χ3v) is 6.21. The van der Waals surface area contributed by atoms with Crippen LogP contribution in [0, 0.1) is 0 Å². The molecule has 0 unspecified atom stereocenters. The smallest absolute Gasteiger partial charge is 0.283 e. The van der Waals surface area contributed by atoms with Crippen LogP contribution in [0.15, 0.2) is 95.9 Å². The van der Waals surface area contributed by atoms with Crippen molar-refractivity contribution in [3.05, 3.63) is 96.5 Å². The van der Waals surface area contributed by atoms with E-state index in [9.17, 15) is 9.59 Å². The molecule has 0 spiro atoms. The van der Waals surface area contributed by atoms with Crippen molar-refractivity contribution in [2.75, 3.05) is 16.0 Å². The first-order valence-electron chi connectivity index (χ1n) is 10.7. The van der Waals surface area contributed by atoms with Crippen molar-refractivity contribution in [2.45, 2.75) is 0 Å². The fourth-order valence-corrected chi connectivity index (χ4v) is 4.53. The highest BCUT2D eigenvalue weighted by Crippen LogP contribution is 2.29. The molecule has 1 aliphatic rings. The molecule has 4 aromatic rings. The van der Waals surface area contributed by atoms with Gasteiger partial charge in [0.15, 0.2) is 5.17 Å². The van der Waals surface area contributed by atoms with Gasteiger partial charge < -0.3 is 5.32 Å². The number of carbonyl (C=O) groups is 2. The number of hydrogen-bond acceptors (Lipinski definition) is 5. The summed E-state index contributed by atoms with van der Waals surface area (Å²) in [5, 5.41) is 9.61. The number of nitrogens with zero attached hydrogens (tertiary/aromatic N) is 4. The maximum atomic E-state index is 13.2. The number of anilines is 2. The van der Waals surface area contributed by atoms with E-state index in [4.69, 9.17) is 0 Å². The molecule has 1 aromatic heterocycles. The summed E-state index contributed by atoms with van der Waals surface area (Å²) in [5.74, 6) is -0.306. The topological polar surface area (TPSA) is 79.6 Å². The molecule has 34 heavy (non-hydrogen) atoms. The summed E-state index contributed by atoms with van der Waals surface area (Å²) in [6.07, 6.45) is 5.19. The maximum absolute atomic E-state index is 13.2. The molecule has 0 saturated carbocycles. The van der Waals surface area contributed by atoms with Gasteiger partial charge in [-0.15, -0.1) is 0 Å². The second-order valence-corrected chi connectivity index (χ2v) is 8.65. The molecule has 2 heterocycles. The van der Waals surface area contributed by atoms with Gasteiger partial charge in [-0.3, -0.25) is 19.2 Å². The predicted octanol–water partition coefficient (Wildman–Crippen LogP) is 4.69. The SMILES string of the molecule is Cn1cc(/C=C2/N=C(SCC(=O)Nc3cccc4ccccc34)N(c3ccccc3)C2=O)cn1. The van der Waals surface area contributed by atoms with Crippen LogP contribution in [0.2, 0.25) is 0 Å². The zero-order valence-electron chi connectivity index (χ0n) is 18.4. The number of para-hydroxylation sites is 1. The second kappa shape index (κ2) is 9.36. The summed E-state index contributed by atoms with van der Waals surface area (Å²) in [6, 6.07) is 23.0. The summed E-state index contributed by atoms with van der Waals surface area (Å²) < 4.78 is 1.66. The standard InChI is InChI=1S/C26H21N5O2S/c1-30-16-18(15-27-30)14-23-25(33)31(20-10-3-2-4-11-20)26(29-23)34-17-24(32)28-22-13-7-9-19-8-5-6-12-21(19)22/h2-16H,17H2,1H3,(H,28,32)/b23-14+. The number of amides is 2. The molecule has 5 rings (SSSR count). The van der Waals surface area contributed by atoms with Gasteiger partial charge >= 0.3 is 0 Å². The van der Waals surface area contributed by atoms with Crippen LogP contribution in [0.1, 0.15) is 5.56 Å². The summed E-state index contributed by atoms with van der Waals surface area (Å²) >= 11 is 1.22. The van der Waals surface area contributed by atoms with Gasteiger partial charge in [0.25, 0.3) is 5.91 Å². The van der Waals surface area contributed by atoms with Gasteiger partial charge in [-0.1, -0.05) is 66.4 Å². The Morgan fingerprint density at radius 1 is 1.03 bits per heavy atom. The number of benzene rings is 3. The van der Waals surface area contributed by atoms with Crippen LogP contribution in [-0.4, -0.2) is 32.5 Å². The average molecular weight is 468 g/mol. The third kappa shape index (κ3) is 4.49. The molecule has 1 aliphatic heterocycles. The number of aromatic nitrogens is 2. The minimum absolute atomic E-state index is 0.110. The van der Waals surface area contributed by atoms with Crippen LogP contribution in [-0.2, 0) is 16.6 Å². The molecule has 0 aliphatic carbocycles. The Labute approximate surface area is 200 Å². The van der Waals surface area contributed by atoms with E-state index in [-0.39, 0.29) is 17.6 Å². The largest absolute Gasteiger partial charge is 0.325 e.